The average Bonchev–Trinajstić information content (AvgIpc) is 3.09. The summed E-state index contributed by atoms with van der Waals surface area (Å²) in [5.41, 5.74) is 3.36. The van der Waals surface area contributed by atoms with Crippen molar-refractivity contribution in [2.75, 3.05) is 22.5 Å². The van der Waals surface area contributed by atoms with E-state index in [1.807, 2.05) is 6.07 Å². The van der Waals surface area contributed by atoms with E-state index in [-0.39, 0.29) is 28.9 Å². The molecule has 140 valence electrons. The molecule has 0 spiro atoms. The van der Waals surface area contributed by atoms with Crippen LogP contribution in [0.4, 0.5) is 11.4 Å². The van der Waals surface area contributed by atoms with E-state index in [2.05, 4.69) is 5.32 Å². The maximum Gasteiger partial charge on any atom is 0.227 e. The molecule has 7 heteroatoms. The van der Waals surface area contributed by atoms with E-state index >= 15 is 0 Å². The Morgan fingerprint density at radius 2 is 1.74 bits per heavy atom. The summed E-state index contributed by atoms with van der Waals surface area (Å²) in [6, 6.07) is 12.3. The van der Waals surface area contributed by atoms with Crippen molar-refractivity contribution in [1.82, 2.24) is 0 Å². The van der Waals surface area contributed by atoms with Gasteiger partial charge in [0.15, 0.2) is 9.84 Å². The highest BCUT2D eigenvalue weighted by atomic mass is 32.2. The molecule has 6 nitrogen and oxygen atoms in total. The van der Waals surface area contributed by atoms with Crippen molar-refractivity contribution >= 4 is 33.0 Å². The molecule has 2 aliphatic rings. The number of carbonyl (C=O) groups is 2. The van der Waals surface area contributed by atoms with Crippen LogP contribution in [-0.4, -0.2) is 32.5 Å². The molecule has 0 unspecified atom stereocenters. The number of benzene rings is 2. The molecule has 0 aliphatic carbocycles. The number of para-hydroxylation sites is 1. The zero-order valence-electron chi connectivity index (χ0n) is 14.8. The summed E-state index contributed by atoms with van der Waals surface area (Å²) in [4.78, 5) is 26.1. The van der Waals surface area contributed by atoms with Gasteiger partial charge in [0.05, 0.1) is 16.3 Å². The number of nitrogens with one attached hydrogen (secondary N) is 1. The molecule has 0 radical (unpaired) electrons. The van der Waals surface area contributed by atoms with Crippen molar-refractivity contribution in [2.45, 2.75) is 30.6 Å². The zero-order chi connectivity index (χ0) is 19.0. The number of carbonyl (C=O) groups excluding carboxylic acids is 2. The molecule has 2 heterocycles. The summed E-state index contributed by atoms with van der Waals surface area (Å²) >= 11 is 0. The number of anilines is 2. The summed E-state index contributed by atoms with van der Waals surface area (Å²) in [6.07, 6.45) is 1.55. The molecule has 0 saturated carbocycles. The van der Waals surface area contributed by atoms with Gasteiger partial charge in [-0.3, -0.25) is 9.59 Å². The highest BCUT2D eigenvalue weighted by Crippen LogP contribution is 2.38. The summed E-state index contributed by atoms with van der Waals surface area (Å²) in [5, 5.41) is 2.70. The third-order valence-corrected chi connectivity index (χ3v) is 6.74. The standard InChI is InChI=1S/C20H20N2O4S/c23-18(21-16-4-2-1-3-5-16)9-11-27(25,26)17-12-14-6-7-19(24)22-10-8-15(13-17)20(14)22/h1-5,12-13H,6-11H2,(H,21,23). The molecule has 0 fully saturated rings. The largest absolute Gasteiger partial charge is 0.326 e. The first-order valence-electron chi connectivity index (χ1n) is 8.98. The fourth-order valence-electron chi connectivity index (χ4n) is 3.70. The number of rotatable bonds is 5. The van der Waals surface area contributed by atoms with Gasteiger partial charge >= 0.3 is 0 Å². The molecule has 0 bridgehead atoms. The Bertz CT molecular complexity index is 1020. The van der Waals surface area contributed by atoms with Crippen molar-refractivity contribution in [1.29, 1.82) is 0 Å². The molecule has 27 heavy (non-hydrogen) atoms. The summed E-state index contributed by atoms with van der Waals surface area (Å²) in [6.45, 7) is 0.615. The molecule has 2 aliphatic heterocycles. The zero-order valence-corrected chi connectivity index (χ0v) is 15.6. The van der Waals surface area contributed by atoms with Crippen LogP contribution in [0.25, 0.3) is 0 Å². The Kier molecular flexibility index (Phi) is 4.47. The summed E-state index contributed by atoms with van der Waals surface area (Å²) in [7, 11) is -3.57. The minimum Gasteiger partial charge on any atom is -0.326 e. The van der Waals surface area contributed by atoms with E-state index in [4.69, 9.17) is 0 Å². The van der Waals surface area contributed by atoms with Crippen molar-refractivity contribution in [3.63, 3.8) is 0 Å². The highest BCUT2D eigenvalue weighted by molar-refractivity contribution is 7.91. The minimum atomic E-state index is -3.57. The van der Waals surface area contributed by atoms with E-state index < -0.39 is 9.84 Å². The van der Waals surface area contributed by atoms with Crippen molar-refractivity contribution in [3.05, 3.63) is 53.6 Å². The van der Waals surface area contributed by atoms with Crippen LogP contribution in [0.5, 0.6) is 0 Å². The molecule has 2 aromatic carbocycles. The first-order valence-corrected chi connectivity index (χ1v) is 10.6. The normalized spacial score (nSPS) is 15.6. The lowest BCUT2D eigenvalue weighted by Gasteiger charge is -2.25. The van der Waals surface area contributed by atoms with Crippen LogP contribution in [-0.2, 0) is 32.3 Å². The van der Waals surface area contributed by atoms with Crippen molar-refractivity contribution in [3.8, 4) is 0 Å². The van der Waals surface area contributed by atoms with Crippen LogP contribution in [0.1, 0.15) is 24.0 Å². The number of hydrogen-bond donors (Lipinski definition) is 1. The molecule has 0 saturated heterocycles. The second-order valence-corrected chi connectivity index (χ2v) is 8.98. The topological polar surface area (TPSA) is 83.6 Å². The van der Waals surface area contributed by atoms with Gasteiger partial charge < -0.3 is 10.2 Å². The predicted octanol–water partition coefficient (Wildman–Crippen LogP) is 2.32. The van der Waals surface area contributed by atoms with E-state index in [1.165, 1.54) is 0 Å². The monoisotopic (exact) mass is 384 g/mol. The molecule has 1 N–H and O–H groups in total. The van der Waals surface area contributed by atoms with Gasteiger partial charge in [-0.1, -0.05) is 18.2 Å². The number of nitrogens with zero attached hydrogens (tertiary/aromatic N) is 1. The molecule has 4 rings (SSSR count). The fourth-order valence-corrected chi connectivity index (χ4v) is 5.03. The summed E-state index contributed by atoms with van der Waals surface area (Å²) in [5.74, 6) is -0.467. The maximum absolute atomic E-state index is 12.8. The molecular weight excluding hydrogens is 364 g/mol. The van der Waals surface area contributed by atoms with Crippen LogP contribution in [0.15, 0.2) is 47.4 Å². The third-order valence-electron chi connectivity index (χ3n) is 5.04. The minimum absolute atomic E-state index is 0.103. The van der Waals surface area contributed by atoms with Crippen LogP contribution in [0, 0.1) is 0 Å². The van der Waals surface area contributed by atoms with Gasteiger partial charge in [0.1, 0.15) is 0 Å². The predicted molar refractivity (Wildman–Crippen MR) is 103 cm³/mol. The van der Waals surface area contributed by atoms with Crippen molar-refractivity contribution < 1.29 is 18.0 Å². The number of hydrogen-bond acceptors (Lipinski definition) is 4. The lowest BCUT2D eigenvalue weighted by molar-refractivity contribution is -0.119. The second-order valence-electron chi connectivity index (χ2n) is 6.87. The van der Waals surface area contributed by atoms with Gasteiger partial charge in [0, 0.05) is 25.1 Å². The Hall–Kier alpha value is -2.67. The van der Waals surface area contributed by atoms with Crippen LogP contribution in [0.3, 0.4) is 0 Å². The van der Waals surface area contributed by atoms with Gasteiger partial charge in [-0.2, -0.15) is 0 Å². The van der Waals surface area contributed by atoms with Crippen LogP contribution < -0.4 is 10.2 Å². The van der Waals surface area contributed by atoms with Gasteiger partial charge in [0.2, 0.25) is 11.8 Å². The lowest BCUT2D eigenvalue weighted by atomic mass is 10.00. The maximum atomic E-state index is 12.8. The highest BCUT2D eigenvalue weighted by Gasteiger charge is 2.32. The van der Waals surface area contributed by atoms with Crippen molar-refractivity contribution in [2.24, 2.45) is 0 Å². The number of sulfone groups is 1. The summed E-state index contributed by atoms with van der Waals surface area (Å²) < 4.78 is 25.5. The van der Waals surface area contributed by atoms with Crippen LogP contribution in [0.2, 0.25) is 0 Å². The Morgan fingerprint density at radius 1 is 1.04 bits per heavy atom. The number of amides is 2. The molecular formula is C20H20N2O4S. The molecule has 0 atom stereocenters. The van der Waals surface area contributed by atoms with E-state index in [1.54, 1.807) is 41.3 Å². The number of aryl methyl sites for hydroxylation is 1. The SMILES string of the molecule is O=C(CCS(=O)(=O)c1cc2c3c(c1)CCN3C(=O)CC2)Nc1ccccc1. The molecule has 0 aromatic heterocycles. The Morgan fingerprint density at radius 3 is 2.48 bits per heavy atom. The average molecular weight is 384 g/mol. The molecule has 2 aromatic rings. The smallest absolute Gasteiger partial charge is 0.227 e. The van der Waals surface area contributed by atoms with Gasteiger partial charge in [0.25, 0.3) is 0 Å². The fraction of sp³-hybridized carbons (Fsp3) is 0.300. The quantitative estimate of drug-likeness (QED) is 0.858. The van der Waals surface area contributed by atoms with E-state index in [9.17, 15) is 18.0 Å². The third kappa shape index (κ3) is 3.47. The Balaban J connectivity index is 1.50. The van der Waals surface area contributed by atoms with E-state index in [0.717, 1.165) is 16.8 Å². The molecule has 2 amide bonds. The Labute approximate surface area is 158 Å². The first kappa shape index (κ1) is 17.7. The van der Waals surface area contributed by atoms with Crippen LogP contribution >= 0.6 is 0 Å². The van der Waals surface area contributed by atoms with Gasteiger partial charge in [-0.15, -0.1) is 0 Å². The van der Waals surface area contributed by atoms with Gasteiger partial charge in [-0.05, 0) is 48.2 Å². The van der Waals surface area contributed by atoms with Gasteiger partial charge in [-0.25, -0.2) is 8.42 Å². The lowest BCUT2D eigenvalue weighted by Crippen LogP contribution is -2.32. The first-order chi connectivity index (χ1) is 12.9. The second kappa shape index (κ2) is 6.81. The van der Waals surface area contributed by atoms with E-state index in [0.29, 0.717) is 31.5 Å².